The second kappa shape index (κ2) is 8.83. The van der Waals surface area contributed by atoms with Crippen molar-refractivity contribution >= 4 is 45.5 Å². The molecule has 4 aromatic rings. The van der Waals surface area contributed by atoms with Gasteiger partial charge < -0.3 is 4.42 Å². The van der Waals surface area contributed by atoms with Crippen molar-refractivity contribution in [3.8, 4) is 11.1 Å². The van der Waals surface area contributed by atoms with E-state index in [1.54, 1.807) is 25.1 Å². The molecule has 0 aliphatic heterocycles. The number of non-ortho nitro benzene ring substituents is 2. The third kappa shape index (κ3) is 4.37. The molecular weight excluding hydrogens is 484 g/mol. The minimum absolute atomic E-state index is 0.00203. The summed E-state index contributed by atoms with van der Waals surface area (Å²) in [5.74, 6) is 0. The summed E-state index contributed by atoms with van der Waals surface area (Å²) in [6.07, 6.45) is 0. The minimum atomic E-state index is -0.782. The summed E-state index contributed by atoms with van der Waals surface area (Å²) in [4.78, 5) is 42.5. The third-order valence-electron chi connectivity index (χ3n) is 5.02. The Bertz CT molecular complexity index is 1560. The lowest BCUT2D eigenvalue weighted by Gasteiger charge is -2.06. The molecule has 4 rings (SSSR count). The van der Waals surface area contributed by atoms with Crippen LogP contribution >= 0.6 is 11.8 Å². The third-order valence-corrected chi connectivity index (χ3v) is 6.06. The van der Waals surface area contributed by atoms with Crippen LogP contribution in [0.2, 0.25) is 0 Å². The summed E-state index contributed by atoms with van der Waals surface area (Å²) in [6, 6.07) is 11.3. The van der Waals surface area contributed by atoms with Crippen molar-refractivity contribution in [1.82, 2.24) is 0 Å². The summed E-state index contributed by atoms with van der Waals surface area (Å²) in [6.45, 7) is 1.79. The Morgan fingerprint density at radius 1 is 0.714 bits per heavy atom. The van der Waals surface area contributed by atoms with Crippen LogP contribution in [0.3, 0.4) is 0 Å². The van der Waals surface area contributed by atoms with Crippen LogP contribution < -0.4 is 0 Å². The molecule has 0 N–H and O–H groups in total. The molecule has 14 heteroatoms. The quantitative estimate of drug-likeness (QED) is 0.211. The van der Waals surface area contributed by atoms with E-state index in [9.17, 15) is 40.5 Å². The minimum Gasteiger partial charge on any atom is -0.449 e. The highest BCUT2D eigenvalue weighted by molar-refractivity contribution is 7.99. The van der Waals surface area contributed by atoms with Gasteiger partial charge in [0.05, 0.1) is 42.3 Å². The molecule has 176 valence electrons. The molecule has 0 fully saturated rings. The predicted molar refractivity (Wildman–Crippen MR) is 124 cm³/mol. The molecule has 1 heterocycles. The van der Waals surface area contributed by atoms with Gasteiger partial charge in [-0.1, -0.05) is 11.6 Å². The number of hydrogen-bond donors (Lipinski definition) is 0. The summed E-state index contributed by atoms with van der Waals surface area (Å²) in [7, 11) is 0. The molecule has 0 radical (unpaired) electrons. The van der Waals surface area contributed by atoms with Gasteiger partial charge in [-0.25, -0.2) is 0 Å². The fourth-order valence-corrected chi connectivity index (χ4v) is 4.49. The van der Waals surface area contributed by atoms with Gasteiger partial charge in [0.25, 0.3) is 22.7 Å². The van der Waals surface area contributed by atoms with Crippen molar-refractivity contribution in [1.29, 1.82) is 0 Å². The molecule has 35 heavy (non-hydrogen) atoms. The van der Waals surface area contributed by atoms with E-state index in [-0.39, 0.29) is 21.1 Å². The number of fused-ring (bicyclic) bond motifs is 1. The first kappa shape index (κ1) is 23.3. The van der Waals surface area contributed by atoms with E-state index in [0.29, 0.717) is 11.0 Å². The van der Waals surface area contributed by atoms with Crippen LogP contribution in [0.5, 0.6) is 0 Å². The zero-order valence-electron chi connectivity index (χ0n) is 17.6. The Morgan fingerprint density at radius 3 is 1.91 bits per heavy atom. The lowest BCUT2D eigenvalue weighted by molar-refractivity contribution is -0.396. The average molecular weight is 496 g/mol. The molecule has 0 bridgehead atoms. The van der Waals surface area contributed by atoms with Crippen molar-refractivity contribution in [3.63, 3.8) is 0 Å². The number of furan rings is 1. The van der Waals surface area contributed by atoms with Crippen LogP contribution in [-0.2, 0) is 0 Å². The topological polar surface area (TPSA) is 186 Å². The van der Waals surface area contributed by atoms with Gasteiger partial charge in [-0.15, -0.1) is 0 Å². The van der Waals surface area contributed by atoms with Gasteiger partial charge in [-0.05, 0) is 43.0 Å². The summed E-state index contributed by atoms with van der Waals surface area (Å²) in [5, 5.41) is 46.1. The molecule has 0 amide bonds. The van der Waals surface area contributed by atoms with Crippen LogP contribution in [0.4, 0.5) is 22.7 Å². The second-order valence-electron chi connectivity index (χ2n) is 7.25. The van der Waals surface area contributed by atoms with Crippen molar-refractivity contribution in [2.45, 2.75) is 16.9 Å². The van der Waals surface area contributed by atoms with Crippen LogP contribution in [0.25, 0.3) is 22.1 Å². The smallest absolute Gasteiger partial charge is 0.290 e. The molecule has 13 nitrogen and oxygen atoms in total. The van der Waals surface area contributed by atoms with Crippen molar-refractivity contribution in [2.24, 2.45) is 0 Å². The van der Waals surface area contributed by atoms with E-state index in [2.05, 4.69) is 0 Å². The van der Waals surface area contributed by atoms with Crippen LogP contribution in [-0.4, -0.2) is 19.7 Å². The molecule has 3 aromatic carbocycles. The zero-order chi connectivity index (χ0) is 25.4. The fraction of sp³-hybridized carbons (Fsp3) is 0.0476. The maximum Gasteiger partial charge on any atom is 0.290 e. The lowest BCUT2D eigenvalue weighted by Crippen LogP contribution is -1.96. The molecule has 0 atom stereocenters. The molecule has 0 aliphatic rings. The number of nitrogens with zero attached hydrogens (tertiary/aromatic N) is 4. The standard InChI is InChI=1S/C21H12N4O9S/c1-11-2-6-18-15(8-11)20(14-5-3-12(22(26)27)9-16(14)24(30)31)21(34-18)35-19-7-4-13(23(28)29)10-17(19)25(32)33/h2-10H,1H3. The van der Waals surface area contributed by atoms with Crippen molar-refractivity contribution < 1.29 is 24.1 Å². The average Bonchev–Trinajstić information content (AvgIpc) is 3.15. The van der Waals surface area contributed by atoms with E-state index in [4.69, 9.17) is 4.42 Å². The molecule has 0 spiro atoms. The summed E-state index contributed by atoms with van der Waals surface area (Å²) < 4.78 is 5.89. The predicted octanol–water partition coefficient (Wildman–Crippen LogP) is 6.19. The SMILES string of the molecule is Cc1ccc2oc(Sc3ccc([N+](=O)[O-])cc3[N+](=O)[O-])c(-c3ccc([N+](=O)[O-])cc3[N+](=O)[O-])c2c1. The molecule has 0 saturated carbocycles. The van der Waals surface area contributed by atoms with E-state index < -0.39 is 42.4 Å². The van der Waals surface area contributed by atoms with Crippen molar-refractivity contribution in [3.05, 3.63) is 101 Å². The lowest BCUT2D eigenvalue weighted by atomic mass is 10.0. The van der Waals surface area contributed by atoms with Gasteiger partial charge in [-0.3, -0.25) is 40.5 Å². The van der Waals surface area contributed by atoms with Gasteiger partial charge in [0.15, 0.2) is 5.09 Å². The Kier molecular flexibility index (Phi) is 5.88. The summed E-state index contributed by atoms with van der Waals surface area (Å²) in [5.41, 5.74) is -0.724. The maximum absolute atomic E-state index is 11.8. The molecule has 0 aliphatic carbocycles. The maximum atomic E-state index is 11.8. The summed E-state index contributed by atoms with van der Waals surface area (Å²) >= 11 is 0.760. The van der Waals surface area contributed by atoms with Crippen LogP contribution in [0.1, 0.15) is 5.56 Å². The van der Waals surface area contributed by atoms with Gasteiger partial charge in [0, 0.05) is 23.1 Å². The number of aryl methyl sites for hydroxylation is 1. The van der Waals surface area contributed by atoms with Crippen molar-refractivity contribution in [2.75, 3.05) is 0 Å². The number of nitro groups is 4. The Hall–Kier alpha value is -4.85. The van der Waals surface area contributed by atoms with Gasteiger partial charge in [0.2, 0.25) is 0 Å². The number of hydrogen-bond acceptors (Lipinski definition) is 10. The Balaban J connectivity index is 1.98. The highest BCUT2D eigenvalue weighted by Crippen LogP contribution is 2.48. The van der Waals surface area contributed by atoms with Crippen LogP contribution in [0.15, 0.2) is 69.0 Å². The van der Waals surface area contributed by atoms with Gasteiger partial charge in [-0.2, -0.15) is 0 Å². The van der Waals surface area contributed by atoms with E-state index in [1.165, 1.54) is 12.1 Å². The molecule has 0 unspecified atom stereocenters. The fourth-order valence-electron chi connectivity index (χ4n) is 3.46. The molecule has 1 aromatic heterocycles. The Labute approximate surface area is 198 Å². The number of benzene rings is 3. The number of rotatable bonds is 7. The highest BCUT2D eigenvalue weighted by atomic mass is 32.2. The van der Waals surface area contributed by atoms with E-state index in [0.717, 1.165) is 41.6 Å². The molecular formula is C21H12N4O9S. The number of nitro benzene ring substituents is 4. The Morgan fingerprint density at radius 2 is 1.31 bits per heavy atom. The van der Waals surface area contributed by atoms with Gasteiger partial charge >= 0.3 is 0 Å². The van der Waals surface area contributed by atoms with Gasteiger partial charge in [0.1, 0.15) is 5.58 Å². The second-order valence-corrected chi connectivity index (χ2v) is 8.26. The largest absolute Gasteiger partial charge is 0.449 e. The monoisotopic (exact) mass is 496 g/mol. The van der Waals surface area contributed by atoms with E-state index >= 15 is 0 Å². The first-order chi connectivity index (χ1) is 16.6. The zero-order valence-corrected chi connectivity index (χ0v) is 18.4. The normalized spacial score (nSPS) is 10.9. The molecule has 0 saturated heterocycles. The van der Waals surface area contributed by atoms with E-state index in [1.807, 2.05) is 0 Å². The highest BCUT2D eigenvalue weighted by Gasteiger charge is 2.29. The first-order valence-electron chi connectivity index (χ1n) is 9.64. The first-order valence-corrected chi connectivity index (χ1v) is 10.5. The van der Waals surface area contributed by atoms with Crippen LogP contribution in [0, 0.1) is 47.4 Å².